The van der Waals surface area contributed by atoms with Crippen molar-refractivity contribution in [3.8, 4) is 0 Å². The Morgan fingerprint density at radius 2 is 2.60 bits per heavy atom. The molecule has 32 valence electrons. The highest BCUT2D eigenvalue weighted by Crippen LogP contribution is 2.07. The Bertz CT molecular complexity index is 19.1. The Morgan fingerprint density at radius 3 is 2.60 bits per heavy atom. The van der Waals surface area contributed by atoms with E-state index < -0.39 is 0 Å². The Balaban J connectivity index is 2.19. The molecule has 0 aliphatic heterocycles. The Kier molecular flexibility index (Phi) is 6.00. The molecule has 0 unspecified atom stereocenters. The van der Waals surface area contributed by atoms with Crippen molar-refractivity contribution >= 4 is 30.4 Å². The standard InChI is InChI=1S/CH4INOS/c1-3-4-5-2/h3H,1H3. The third-order valence-corrected chi connectivity index (χ3v) is 0.884. The zero-order valence-electron chi connectivity index (χ0n) is 2.69. The maximum absolute atomic E-state index is 4.49. The molecule has 0 rings (SSSR count). The molecule has 2 nitrogen and oxygen atoms in total. The van der Waals surface area contributed by atoms with Gasteiger partial charge in [-0.1, -0.05) is 0 Å². The van der Waals surface area contributed by atoms with Crippen LogP contribution in [0.3, 0.4) is 0 Å². The van der Waals surface area contributed by atoms with Crippen LogP contribution in [-0.2, 0) is 4.28 Å². The van der Waals surface area contributed by atoms with Gasteiger partial charge < -0.3 is 0 Å². The molecule has 0 aromatic heterocycles. The minimum absolute atomic E-state index is 1.26. The molecule has 4 heteroatoms. The Hall–Kier alpha value is 1.00. The van der Waals surface area contributed by atoms with Gasteiger partial charge in [-0.2, -0.15) is 5.48 Å². The number of rotatable bonds is 2. The van der Waals surface area contributed by atoms with E-state index in [1.54, 1.807) is 7.05 Å². The van der Waals surface area contributed by atoms with Gasteiger partial charge in [0.25, 0.3) is 0 Å². The fourth-order valence-corrected chi connectivity index (χ4v) is 0.634. The summed E-state index contributed by atoms with van der Waals surface area (Å²) in [6.45, 7) is 0. The predicted molar refractivity (Wildman–Crippen MR) is 31.8 cm³/mol. The van der Waals surface area contributed by atoms with Gasteiger partial charge in [-0.3, -0.25) is 0 Å². The van der Waals surface area contributed by atoms with Crippen molar-refractivity contribution in [2.75, 3.05) is 7.05 Å². The Morgan fingerprint density at radius 1 is 2.00 bits per heavy atom. The third kappa shape index (κ3) is 5.00. The minimum Gasteiger partial charge on any atom is -0.221 e. The molecule has 0 atom stereocenters. The van der Waals surface area contributed by atoms with Crippen LogP contribution in [0, 0.1) is 0 Å². The molecule has 0 fully saturated rings. The molecule has 5 heavy (non-hydrogen) atoms. The number of halogens is 1. The first-order chi connectivity index (χ1) is 2.41. The lowest BCUT2D eigenvalue weighted by Gasteiger charge is -1.84. The SMILES string of the molecule is CNOSI. The lowest BCUT2D eigenvalue weighted by atomic mass is 11.6. The normalized spacial score (nSPS) is 8.40. The van der Waals surface area contributed by atoms with Crippen molar-refractivity contribution in [1.29, 1.82) is 0 Å². The van der Waals surface area contributed by atoms with Crippen molar-refractivity contribution < 1.29 is 4.28 Å². The second kappa shape index (κ2) is 5.00. The van der Waals surface area contributed by atoms with E-state index in [9.17, 15) is 0 Å². The van der Waals surface area contributed by atoms with Gasteiger partial charge in [-0.15, -0.1) is 0 Å². The van der Waals surface area contributed by atoms with Crippen molar-refractivity contribution in [2.45, 2.75) is 0 Å². The van der Waals surface area contributed by atoms with E-state index in [-0.39, 0.29) is 0 Å². The average molecular weight is 205 g/mol. The van der Waals surface area contributed by atoms with Gasteiger partial charge in [0, 0.05) is 28.3 Å². The molecule has 0 saturated carbocycles. The number of hydroxylamine groups is 1. The second-order valence-corrected chi connectivity index (χ2v) is 1.72. The highest BCUT2D eigenvalue weighted by Gasteiger charge is 1.65. The molecule has 0 aliphatic rings. The fraction of sp³-hybridized carbons (Fsp3) is 1.00. The van der Waals surface area contributed by atoms with Crippen LogP contribution in [0.1, 0.15) is 0 Å². The molecule has 0 heterocycles. The van der Waals surface area contributed by atoms with Crippen molar-refractivity contribution in [3.63, 3.8) is 0 Å². The summed E-state index contributed by atoms with van der Waals surface area (Å²) >= 11 is 2.02. The Labute approximate surface area is 47.4 Å². The molecular weight excluding hydrogens is 201 g/mol. The van der Waals surface area contributed by atoms with Gasteiger partial charge in [0.05, 0.1) is 9.21 Å². The first-order valence-electron chi connectivity index (χ1n) is 1.03. The van der Waals surface area contributed by atoms with Gasteiger partial charge in [0.1, 0.15) is 0 Å². The van der Waals surface area contributed by atoms with Crippen LogP contribution in [0.4, 0.5) is 0 Å². The monoisotopic (exact) mass is 205 g/mol. The second-order valence-electron chi connectivity index (χ2n) is 0.350. The summed E-state index contributed by atoms with van der Waals surface area (Å²) in [5, 5.41) is 0. The summed E-state index contributed by atoms with van der Waals surface area (Å²) in [6, 6.07) is 0. The van der Waals surface area contributed by atoms with Gasteiger partial charge in [0.2, 0.25) is 0 Å². The van der Waals surface area contributed by atoms with E-state index in [1.807, 2.05) is 21.2 Å². The van der Waals surface area contributed by atoms with Crippen molar-refractivity contribution in [3.05, 3.63) is 0 Å². The van der Waals surface area contributed by atoms with Crippen LogP contribution >= 0.6 is 30.4 Å². The van der Waals surface area contributed by atoms with Gasteiger partial charge >= 0.3 is 0 Å². The summed E-state index contributed by atoms with van der Waals surface area (Å²) in [4.78, 5) is 0. The number of hydrogen-bond acceptors (Lipinski definition) is 3. The van der Waals surface area contributed by atoms with Crippen LogP contribution in [0.15, 0.2) is 0 Å². The van der Waals surface area contributed by atoms with Gasteiger partial charge in [-0.05, 0) is 0 Å². The van der Waals surface area contributed by atoms with E-state index >= 15 is 0 Å². The topological polar surface area (TPSA) is 21.3 Å². The molecule has 0 aromatic rings. The fourth-order valence-electron chi connectivity index (χ4n) is 0.0315. The highest BCUT2D eigenvalue weighted by atomic mass is 127. The molecule has 0 radical (unpaired) electrons. The summed E-state index contributed by atoms with van der Waals surface area (Å²) in [5.41, 5.74) is 2.47. The van der Waals surface area contributed by atoms with E-state index in [0.29, 0.717) is 0 Å². The molecule has 1 N–H and O–H groups in total. The first-order valence-corrected chi connectivity index (χ1v) is 4.31. The third-order valence-electron chi connectivity index (χ3n) is 0.115. The van der Waals surface area contributed by atoms with Crippen LogP contribution < -0.4 is 5.48 Å². The molecular formula is CH4INOS. The molecule has 0 bridgehead atoms. The maximum Gasteiger partial charge on any atom is 0.0886 e. The molecule has 0 amide bonds. The first kappa shape index (κ1) is 6.00. The van der Waals surface area contributed by atoms with Gasteiger partial charge in [0.15, 0.2) is 0 Å². The molecule has 0 saturated heterocycles. The summed E-state index contributed by atoms with van der Waals surface area (Å²) in [7, 11) is 2.97. The predicted octanol–water partition coefficient (Wildman–Crippen LogP) is 1.14. The van der Waals surface area contributed by atoms with Crippen LogP contribution in [0.25, 0.3) is 0 Å². The van der Waals surface area contributed by atoms with Crippen LogP contribution in [0.2, 0.25) is 0 Å². The largest absolute Gasteiger partial charge is 0.221 e. The molecule has 0 aliphatic carbocycles. The smallest absolute Gasteiger partial charge is 0.0886 e. The minimum atomic E-state index is 1.26. The zero-order valence-corrected chi connectivity index (χ0v) is 5.67. The number of nitrogens with one attached hydrogen (secondary N) is 1. The summed E-state index contributed by atoms with van der Waals surface area (Å²) in [6.07, 6.45) is 0. The van der Waals surface area contributed by atoms with Crippen LogP contribution in [0.5, 0.6) is 0 Å². The molecule has 0 spiro atoms. The van der Waals surface area contributed by atoms with Crippen LogP contribution in [-0.4, -0.2) is 7.05 Å². The van der Waals surface area contributed by atoms with E-state index in [1.165, 1.54) is 9.21 Å². The molecule has 0 aromatic carbocycles. The van der Waals surface area contributed by atoms with E-state index in [0.717, 1.165) is 0 Å². The van der Waals surface area contributed by atoms with Crippen molar-refractivity contribution in [1.82, 2.24) is 5.48 Å². The van der Waals surface area contributed by atoms with Crippen molar-refractivity contribution in [2.24, 2.45) is 0 Å². The maximum atomic E-state index is 4.49. The lowest BCUT2D eigenvalue weighted by molar-refractivity contribution is 0.277. The average Bonchev–Trinajstić information content (AvgIpc) is 1.41. The lowest BCUT2D eigenvalue weighted by Crippen LogP contribution is -1.96. The highest BCUT2D eigenvalue weighted by molar-refractivity contribution is 14.2. The summed E-state index contributed by atoms with van der Waals surface area (Å²) in [5.74, 6) is 0. The zero-order chi connectivity index (χ0) is 4.12. The van der Waals surface area contributed by atoms with E-state index in [2.05, 4.69) is 9.76 Å². The number of hydrogen-bond donors (Lipinski definition) is 1. The summed E-state index contributed by atoms with van der Waals surface area (Å²) < 4.78 is 4.49. The van der Waals surface area contributed by atoms with Gasteiger partial charge in [-0.25, -0.2) is 4.28 Å². The van der Waals surface area contributed by atoms with E-state index in [4.69, 9.17) is 0 Å². The quantitative estimate of drug-likeness (QED) is 0.415.